The van der Waals surface area contributed by atoms with Gasteiger partial charge in [0.1, 0.15) is 6.04 Å². The van der Waals surface area contributed by atoms with E-state index in [1.807, 2.05) is 46.8 Å². The molecule has 1 aliphatic heterocycles. The topological polar surface area (TPSA) is 91.8 Å². The van der Waals surface area contributed by atoms with Crippen molar-refractivity contribution in [2.24, 2.45) is 11.3 Å². The maximum atomic E-state index is 13.5. The Kier molecular flexibility index (Phi) is 7.88. The number of aromatic nitrogens is 1. The molecule has 184 valence electrons. The van der Waals surface area contributed by atoms with Gasteiger partial charge < -0.3 is 20.1 Å². The van der Waals surface area contributed by atoms with Gasteiger partial charge in [0, 0.05) is 35.8 Å². The van der Waals surface area contributed by atoms with Crippen LogP contribution in [0.5, 0.6) is 5.88 Å². The van der Waals surface area contributed by atoms with E-state index >= 15 is 0 Å². The quantitative estimate of drug-likeness (QED) is 0.615. The minimum atomic E-state index is -1.10. The summed E-state index contributed by atoms with van der Waals surface area (Å²) in [5.74, 6) is -0.198. The van der Waals surface area contributed by atoms with E-state index < -0.39 is 17.1 Å². The molecule has 2 atom stereocenters. The van der Waals surface area contributed by atoms with Crippen LogP contribution in [0.15, 0.2) is 42.6 Å². The van der Waals surface area contributed by atoms with E-state index in [1.54, 1.807) is 29.2 Å². The molecule has 8 heteroatoms. The third kappa shape index (κ3) is 5.36. The lowest BCUT2D eigenvalue weighted by Crippen LogP contribution is -2.60. The van der Waals surface area contributed by atoms with Crippen LogP contribution >= 0.6 is 11.6 Å². The number of ether oxygens (including phenoxy) is 1. The predicted octanol–water partition coefficient (Wildman–Crippen LogP) is 4.03. The number of piperidine rings is 1. The van der Waals surface area contributed by atoms with E-state index in [-0.39, 0.29) is 17.7 Å². The second kappa shape index (κ2) is 10.3. The highest BCUT2D eigenvalue weighted by Crippen LogP contribution is 2.46. The molecule has 0 unspecified atom stereocenters. The van der Waals surface area contributed by atoms with E-state index in [0.717, 1.165) is 5.56 Å². The summed E-state index contributed by atoms with van der Waals surface area (Å²) in [6.45, 7) is 10.8. The molecular formula is C26H34ClN3O4. The van der Waals surface area contributed by atoms with Gasteiger partial charge in [-0.25, -0.2) is 4.98 Å². The second-order valence-corrected chi connectivity index (χ2v) is 10.2. The molecule has 0 bridgehead atoms. The van der Waals surface area contributed by atoms with E-state index in [4.69, 9.17) is 16.3 Å². The SMILES string of the molecule is CCOc1ccc(C(=O)N[C@@H](C(=O)N2CC[C@](O)(c3ccc(Cl)cc3)C(C)(C)C2)C(C)C)cn1. The molecular weight excluding hydrogens is 454 g/mol. The Morgan fingerprint density at radius 2 is 1.88 bits per heavy atom. The number of carbonyl (C=O) groups is 2. The smallest absolute Gasteiger partial charge is 0.253 e. The summed E-state index contributed by atoms with van der Waals surface area (Å²) >= 11 is 6.02. The minimum Gasteiger partial charge on any atom is -0.478 e. The van der Waals surface area contributed by atoms with E-state index in [9.17, 15) is 14.7 Å². The molecule has 2 heterocycles. The molecule has 0 aliphatic carbocycles. The third-order valence-corrected chi connectivity index (χ3v) is 6.84. The van der Waals surface area contributed by atoms with Crippen LogP contribution in [0.4, 0.5) is 0 Å². The molecule has 1 saturated heterocycles. The molecule has 3 rings (SSSR count). The average Bonchev–Trinajstić information content (AvgIpc) is 2.79. The molecule has 0 radical (unpaired) electrons. The maximum absolute atomic E-state index is 13.5. The molecule has 2 amide bonds. The molecule has 1 fully saturated rings. The number of nitrogens with zero attached hydrogens (tertiary/aromatic N) is 2. The third-order valence-electron chi connectivity index (χ3n) is 6.59. The number of halogens is 1. The van der Waals surface area contributed by atoms with Crippen LogP contribution < -0.4 is 10.1 Å². The standard InChI is InChI=1S/C26H34ClN3O4/c1-6-34-21-12-7-18(15-28-21)23(31)29-22(17(2)3)24(32)30-14-13-26(33,25(4,5)16-30)19-8-10-20(27)11-9-19/h7-12,15,17,22,33H,6,13-14,16H2,1-5H3,(H,29,31)/t22-,26+/m1/s1. The molecule has 2 N–H and O–H groups in total. The number of hydrogen-bond acceptors (Lipinski definition) is 5. The van der Waals surface area contributed by atoms with Crippen molar-refractivity contribution in [1.82, 2.24) is 15.2 Å². The van der Waals surface area contributed by atoms with E-state index in [2.05, 4.69) is 10.3 Å². The van der Waals surface area contributed by atoms with Crippen molar-refractivity contribution in [1.29, 1.82) is 0 Å². The number of likely N-dealkylation sites (tertiary alicyclic amines) is 1. The summed E-state index contributed by atoms with van der Waals surface area (Å²) in [7, 11) is 0. The summed E-state index contributed by atoms with van der Waals surface area (Å²) in [5.41, 5.74) is -0.568. The first kappa shape index (κ1) is 26.0. The largest absolute Gasteiger partial charge is 0.478 e. The lowest BCUT2D eigenvalue weighted by molar-refractivity contribution is -0.155. The summed E-state index contributed by atoms with van der Waals surface area (Å²) in [6, 6.07) is 9.77. The zero-order valence-electron chi connectivity index (χ0n) is 20.5. The van der Waals surface area contributed by atoms with Crippen LogP contribution in [0.2, 0.25) is 5.02 Å². The zero-order chi connectivity index (χ0) is 25.1. The lowest BCUT2D eigenvalue weighted by Gasteiger charge is -2.51. The van der Waals surface area contributed by atoms with Crippen molar-refractivity contribution in [2.75, 3.05) is 19.7 Å². The summed E-state index contributed by atoms with van der Waals surface area (Å²) in [4.78, 5) is 32.2. The number of nitrogens with one attached hydrogen (secondary N) is 1. The molecule has 1 aliphatic rings. The number of pyridine rings is 1. The fraction of sp³-hybridized carbons (Fsp3) is 0.500. The maximum Gasteiger partial charge on any atom is 0.253 e. The van der Waals surface area contributed by atoms with Gasteiger partial charge in [-0.2, -0.15) is 0 Å². The van der Waals surface area contributed by atoms with Crippen molar-refractivity contribution >= 4 is 23.4 Å². The molecule has 0 saturated carbocycles. The van der Waals surface area contributed by atoms with Gasteiger partial charge in [0.15, 0.2) is 0 Å². The van der Waals surface area contributed by atoms with Crippen LogP contribution in [0.3, 0.4) is 0 Å². The van der Waals surface area contributed by atoms with Crippen molar-refractivity contribution < 1.29 is 19.4 Å². The van der Waals surface area contributed by atoms with Gasteiger partial charge in [-0.1, -0.05) is 51.4 Å². The number of carbonyl (C=O) groups excluding carboxylic acids is 2. The predicted molar refractivity (Wildman–Crippen MR) is 132 cm³/mol. The molecule has 2 aromatic rings. The van der Waals surface area contributed by atoms with Crippen LogP contribution in [-0.4, -0.2) is 52.5 Å². The number of benzene rings is 1. The molecule has 7 nitrogen and oxygen atoms in total. The fourth-order valence-corrected chi connectivity index (χ4v) is 4.58. The van der Waals surface area contributed by atoms with Gasteiger partial charge in [0.2, 0.25) is 11.8 Å². The number of rotatable bonds is 7. The summed E-state index contributed by atoms with van der Waals surface area (Å²) < 4.78 is 5.32. The van der Waals surface area contributed by atoms with Gasteiger partial charge in [0.05, 0.1) is 17.8 Å². The van der Waals surface area contributed by atoms with Crippen molar-refractivity contribution in [2.45, 2.75) is 52.7 Å². The number of hydrogen-bond donors (Lipinski definition) is 2. The van der Waals surface area contributed by atoms with Gasteiger partial charge in [-0.15, -0.1) is 0 Å². The van der Waals surface area contributed by atoms with Crippen molar-refractivity contribution in [3.05, 3.63) is 58.7 Å². The molecule has 0 spiro atoms. The van der Waals surface area contributed by atoms with E-state index in [1.165, 1.54) is 6.20 Å². The van der Waals surface area contributed by atoms with E-state index in [0.29, 0.717) is 42.6 Å². The normalized spacial score (nSPS) is 20.6. The van der Waals surface area contributed by atoms with Gasteiger partial charge in [-0.3, -0.25) is 9.59 Å². The van der Waals surface area contributed by atoms with Gasteiger partial charge in [0.25, 0.3) is 5.91 Å². The Morgan fingerprint density at radius 3 is 2.41 bits per heavy atom. The first-order valence-electron chi connectivity index (χ1n) is 11.7. The first-order valence-corrected chi connectivity index (χ1v) is 12.0. The summed E-state index contributed by atoms with van der Waals surface area (Å²) in [5, 5.41) is 15.1. The molecule has 34 heavy (non-hydrogen) atoms. The molecule has 1 aromatic heterocycles. The fourth-order valence-electron chi connectivity index (χ4n) is 4.45. The number of amides is 2. The summed E-state index contributed by atoms with van der Waals surface area (Å²) in [6.07, 6.45) is 1.83. The highest BCUT2D eigenvalue weighted by atomic mass is 35.5. The van der Waals surface area contributed by atoms with Crippen LogP contribution in [0.1, 0.15) is 57.0 Å². The second-order valence-electron chi connectivity index (χ2n) is 9.77. The van der Waals surface area contributed by atoms with Gasteiger partial charge >= 0.3 is 0 Å². The van der Waals surface area contributed by atoms with Crippen LogP contribution in [-0.2, 0) is 10.4 Å². The Labute approximate surface area is 206 Å². The van der Waals surface area contributed by atoms with Crippen molar-refractivity contribution in [3.63, 3.8) is 0 Å². The highest BCUT2D eigenvalue weighted by molar-refractivity contribution is 6.30. The lowest BCUT2D eigenvalue weighted by atomic mass is 9.66. The van der Waals surface area contributed by atoms with Gasteiger partial charge in [-0.05, 0) is 43.0 Å². The number of aliphatic hydroxyl groups is 1. The molecule has 1 aromatic carbocycles. The first-order chi connectivity index (χ1) is 16.0. The van der Waals surface area contributed by atoms with Crippen molar-refractivity contribution in [3.8, 4) is 5.88 Å². The highest BCUT2D eigenvalue weighted by Gasteiger charge is 2.50. The monoisotopic (exact) mass is 487 g/mol. The van der Waals surface area contributed by atoms with Crippen LogP contribution in [0.25, 0.3) is 0 Å². The minimum absolute atomic E-state index is 0.118. The Hall–Kier alpha value is -2.64. The Bertz CT molecular complexity index is 1010. The zero-order valence-corrected chi connectivity index (χ0v) is 21.2. The van der Waals surface area contributed by atoms with Crippen LogP contribution in [0, 0.1) is 11.3 Å². The Morgan fingerprint density at radius 1 is 1.21 bits per heavy atom. The average molecular weight is 488 g/mol. The Balaban J connectivity index is 1.73.